The molecule has 0 aliphatic carbocycles. The highest BCUT2D eigenvalue weighted by Gasteiger charge is 2.30. The number of nitrogens with zero attached hydrogens (tertiary/aromatic N) is 2. The highest BCUT2D eigenvalue weighted by Crippen LogP contribution is 2.29. The maximum Gasteiger partial charge on any atom is 0.416 e. The van der Waals surface area contributed by atoms with Gasteiger partial charge in [-0.25, -0.2) is 0 Å². The summed E-state index contributed by atoms with van der Waals surface area (Å²) in [5.74, 6) is -1.74. The quantitative estimate of drug-likeness (QED) is 0.703. The molecule has 0 saturated carbocycles. The zero-order valence-corrected chi connectivity index (χ0v) is 17.4. The van der Waals surface area contributed by atoms with Gasteiger partial charge in [-0.15, -0.1) is 0 Å². The normalized spacial score (nSPS) is 16.4. The Morgan fingerprint density at radius 3 is 2.19 bits per heavy atom. The van der Waals surface area contributed by atoms with E-state index in [-0.39, 0.29) is 18.3 Å². The van der Waals surface area contributed by atoms with E-state index in [1.165, 1.54) is 12.8 Å². The SMILES string of the molecule is Cn1cccc1C(CNC(=O)C(=O)Nc1ccc(C(F)(F)F)cc1)N1CCCCCC1. The van der Waals surface area contributed by atoms with Gasteiger partial charge in [0.1, 0.15) is 0 Å². The molecule has 0 spiro atoms. The number of alkyl halides is 3. The van der Waals surface area contributed by atoms with Gasteiger partial charge in [0.2, 0.25) is 0 Å². The molecule has 1 aliphatic rings. The molecule has 2 N–H and O–H groups in total. The monoisotopic (exact) mass is 436 g/mol. The van der Waals surface area contributed by atoms with Gasteiger partial charge in [0.15, 0.2) is 0 Å². The average molecular weight is 436 g/mol. The smallest absolute Gasteiger partial charge is 0.353 e. The molecule has 6 nitrogen and oxygen atoms in total. The van der Waals surface area contributed by atoms with Gasteiger partial charge in [-0.2, -0.15) is 13.2 Å². The van der Waals surface area contributed by atoms with Crippen LogP contribution in [-0.4, -0.2) is 40.9 Å². The number of hydrogen-bond acceptors (Lipinski definition) is 3. The van der Waals surface area contributed by atoms with E-state index in [9.17, 15) is 22.8 Å². The Hall–Kier alpha value is -2.81. The number of aromatic nitrogens is 1. The summed E-state index contributed by atoms with van der Waals surface area (Å²) in [4.78, 5) is 26.9. The third kappa shape index (κ3) is 6.10. The van der Waals surface area contributed by atoms with Crippen molar-refractivity contribution in [2.24, 2.45) is 7.05 Å². The number of anilines is 1. The minimum atomic E-state index is -4.46. The summed E-state index contributed by atoms with van der Waals surface area (Å²) in [6, 6.07) is 7.84. The van der Waals surface area contributed by atoms with Crippen molar-refractivity contribution in [2.45, 2.75) is 37.9 Å². The van der Waals surface area contributed by atoms with Crippen LogP contribution in [0.15, 0.2) is 42.6 Å². The molecule has 168 valence electrons. The van der Waals surface area contributed by atoms with Gasteiger partial charge in [-0.1, -0.05) is 12.8 Å². The topological polar surface area (TPSA) is 66.4 Å². The van der Waals surface area contributed by atoms with Crippen molar-refractivity contribution >= 4 is 17.5 Å². The summed E-state index contributed by atoms with van der Waals surface area (Å²) in [5, 5.41) is 5.03. The fourth-order valence-electron chi connectivity index (χ4n) is 3.85. The van der Waals surface area contributed by atoms with E-state index in [0.29, 0.717) is 0 Å². The fraction of sp³-hybridized carbons (Fsp3) is 0.455. The second-order valence-corrected chi connectivity index (χ2v) is 7.75. The molecule has 9 heteroatoms. The number of amides is 2. The van der Waals surface area contributed by atoms with Gasteiger partial charge in [0, 0.05) is 31.2 Å². The Labute approximate surface area is 179 Å². The van der Waals surface area contributed by atoms with Crippen LogP contribution in [0.5, 0.6) is 0 Å². The molecule has 0 bridgehead atoms. The van der Waals surface area contributed by atoms with E-state index >= 15 is 0 Å². The van der Waals surface area contributed by atoms with Crippen LogP contribution in [0, 0.1) is 0 Å². The highest BCUT2D eigenvalue weighted by molar-refractivity contribution is 6.39. The van der Waals surface area contributed by atoms with E-state index in [1.54, 1.807) is 0 Å². The van der Waals surface area contributed by atoms with E-state index in [1.807, 2.05) is 29.9 Å². The number of halogens is 3. The van der Waals surface area contributed by atoms with Crippen LogP contribution in [0.25, 0.3) is 0 Å². The molecule has 2 heterocycles. The molecule has 0 radical (unpaired) electrons. The fourth-order valence-corrected chi connectivity index (χ4v) is 3.85. The number of aryl methyl sites for hydroxylation is 1. The minimum Gasteiger partial charge on any atom is -0.353 e. The van der Waals surface area contributed by atoms with Crippen LogP contribution in [0.2, 0.25) is 0 Å². The molecule has 3 rings (SSSR count). The Kier molecular flexibility index (Phi) is 7.37. The summed E-state index contributed by atoms with van der Waals surface area (Å²) in [7, 11) is 1.94. The maximum atomic E-state index is 12.7. The van der Waals surface area contributed by atoms with Gasteiger partial charge >= 0.3 is 18.0 Å². The van der Waals surface area contributed by atoms with Crippen molar-refractivity contribution in [1.82, 2.24) is 14.8 Å². The van der Waals surface area contributed by atoms with Crippen LogP contribution in [0.4, 0.5) is 18.9 Å². The van der Waals surface area contributed by atoms with Gasteiger partial charge in [0.05, 0.1) is 11.6 Å². The molecule has 1 saturated heterocycles. The number of hydrogen-bond donors (Lipinski definition) is 2. The number of nitrogens with one attached hydrogen (secondary N) is 2. The van der Waals surface area contributed by atoms with Crippen molar-refractivity contribution in [3.63, 3.8) is 0 Å². The number of carbonyl (C=O) groups excluding carboxylic acids is 2. The molecule has 1 fully saturated rings. The number of carbonyl (C=O) groups is 2. The lowest BCUT2D eigenvalue weighted by atomic mass is 10.1. The Balaban J connectivity index is 1.62. The van der Waals surface area contributed by atoms with E-state index in [0.717, 1.165) is 55.9 Å². The predicted octanol–water partition coefficient (Wildman–Crippen LogP) is 3.72. The second kappa shape index (κ2) is 10.00. The van der Waals surface area contributed by atoms with Crippen molar-refractivity contribution < 1.29 is 22.8 Å². The molecule has 1 aromatic heterocycles. The highest BCUT2D eigenvalue weighted by atomic mass is 19.4. The van der Waals surface area contributed by atoms with Crippen LogP contribution in [0.1, 0.15) is 43.0 Å². The van der Waals surface area contributed by atoms with Crippen LogP contribution < -0.4 is 10.6 Å². The number of rotatable bonds is 5. The van der Waals surface area contributed by atoms with E-state index < -0.39 is 23.6 Å². The summed E-state index contributed by atoms with van der Waals surface area (Å²) >= 11 is 0. The van der Waals surface area contributed by atoms with Crippen LogP contribution in [-0.2, 0) is 22.8 Å². The predicted molar refractivity (Wildman–Crippen MR) is 111 cm³/mol. The van der Waals surface area contributed by atoms with E-state index in [2.05, 4.69) is 15.5 Å². The lowest BCUT2D eigenvalue weighted by Crippen LogP contribution is -2.42. The molecule has 2 aromatic rings. The first-order valence-electron chi connectivity index (χ1n) is 10.4. The zero-order chi connectivity index (χ0) is 22.4. The molecular weight excluding hydrogens is 409 g/mol. The van der Waals surface area contributed by atoms with Crippen LogP contribution >= 0.6 is 0 Å². The molecule has 1 aromatic carbocycles. The standard InChI is InChI=1S/C22H27F3N4O2/c1-28-12-6-7-18(28)19(29-13-4-2-3-5-14-29)15-26-20(30)21(31)27-17-10-8-16(9-11-17)22(23,24)25/h6-12,19H,2-5,13-15H2,1H3,(H,26,30)(H,27,31). The molecule has 1 atom stereocenters. The molecule has 2 amide bonds. The van der Waals surface area contributed by atoms with Gasteiger partial charge in [-0.3, -0.25) is 14.5 Å². The van der Waals surface area contributed by atoms with Crippen molar-refractivity contribution in [3.05, 3.63) is 53.9 Å². The third-order valence-electron chi connectivity index (χ3n) is 5.54. The number of likely N-dealkylation sites (tertiary alicyclic amines) is 1. The Bertz CT molecular complexity index is 885. The zero-order valence-electron chi connectivity index (χ0n) is 17.4. The van der Waals surface area contributed by atoms with Crippen molar-refractivity contribution in [3.8, 4) is 0 Å². The van der Waals surface area contributed by atoms with Crippen LogP contribution in [0.3, 0.4) is 0 Å². The molecule has 1 aliphatic heterocycles. The largest absolute Gasteiger partial charge is 0.416 e. The van der Waals surface area contributed by atoms with Gasteiger partial charge < -0.3 is 15.2 Å². The first-order chi connectivity index (χ1) is 14.8. The van der Waals surface area contributed by atoms with Crippen molar-refractivity contribution in [1.29, 1.82) is 0 Å². The second-order valence-electron chi connectivity index (χ2n) is 7.75. The summed E-state index contributed by atoms with van der Waals surface area (Å²) in [6.07, 6.45) is 2.02. The minimum absolute atomic E-state index is 0.0686. The summed E-state index contributed by atoms with van der Waals surface area (Å²) in [5.41, 5.74) is 0.350. The molecule has 1 unspecified atom stereocenters. The van der Waals surface area contributed by atoms with Crippen molar-refractivity contribution in [2.75, 3.05) is 25.0 Å². The Morgan fingerprint density at radius 2 is 1.65 bits per heavy atom. The first-order valence-corrected chi connectivity index (χ1v) is 10.4. The van der Waals surface area contributed by atoms with Gasteiger partial charge in [-0.05, 0) is 62.3 Å². The van der Waals surface area contributed by atoms with E-state index in [4.69, 9.17) is 0 Å². The third-order valence-corrected chi connectivity index (χ3v) is 5.54. The summed E-state index contributed by atoms with van der Waals surface area (Å²) < 4.78 is 40.0. The Morgan fingerprint density at radius 1 is 1.00 bits per heavy atom. The summed E-state index contributed by atoms with van der Waals surface area (Å²) in [6.45, 7) is 2.10. The first kappa shape index (κ1) is 22.9. The molecule has 31 heavy (non-hydrogen) atoms. The lowest BCUT2D eigenvalue weighted by molar-refractivity contribution is -0.137. The molecular formula is C22H27F3N4O2. The maximum absolute atomic E-state index is 12.7. The number of benzene rings is 1. The average Bonchev–Trinajstić information content (AvgIpc) is 2.98. The lowest BCUT2D eigenvalue weighted by Gasteiger charge is -2.31. The van der Waals surface area contributed by atoms with Gasteiger partial charge in [0.25, 0.3) is 0 Å².